The van der Waals surface area contributed by atoms with Gasteiger partial charge in [0, 0.05) is 16.7 Å². The second-order valence-corrected chi connectivity index (χ2v) is 6.15. The monoisotopic (exact) mass is 357 g/mol. The highest BCUT2D eigenvalue weighted by atomic mass is 35.5. The lowest BCUT2D eigenvalue weighted by molar-refractivity contribution is -0.115. The van der Waals surface area contributed by atoms with Gasteiger partial charge in [0.05, 0.1) is 18.7 Å². The lowest BCUT2D eigenvalue weighted by Crippen LogP contribution is -2.18. The Hall–Kier alpha value is -2.66. The summed E-state index contributed by atoms with van der Waals surface area (Å²) < 4.78 is 15.6. The van der Waals surface area contributed by atoms with Gasteiger partial charge in [0.1, 0.15) is 11.6 Å². The Morgan fingerprint density at radius 3 is 2.68 bits per heavy atom. The fourth-order valence-corrected chi connectivity index (χ4v) is 2.80. The number of nitrogens with one attached hydrogen (secondary N) is 1. The number of carbonyl (C=O) groups excluding carboxylic acids is 1. The summed E-state index contributed by atoms with van der Waals surface area (Å²) in [5.41, 5.74) is 2.04. The Morgan fingerprint density at radius 1 is 1.20 bits per heavy atom. The van der Waals surface area contributed by atoms with Gasteiger partial charge < -0.3 is 5.32 Å². The maximum atomic E-state index is 13.8. The first kappa shape index (κ1) is 17.2. The van der Waals surface area contributed by atoms with E-state index in [0.717, 1.165) is 11.3 Å². The number of rotatable bonds is 5. The molecule has 0 saturated carbocycles. The third-order valence-electron chi connectivity index (χ3n) is 3.74. The Morgan fingerprint density at radius 2 is 1.96 bits per heavy atom. The molecule has 1 heterocycles. The van der Waals surface area contributed by atoms with Gasteiger partial charge in [-0.25, -0.2) is 9.07 Å². The highest BCUT2D eigenvalue weighted by molar-refractivity contribution is 6.31. The van der Waals surface area contributed by atoms with Crippen molar-refractivity contribution in [2.45, 2.75) is 19.9 Å². The minimum atomic E-state index is -0.489. The quantitative estimate of drug-likeness (QED) is 0.743. The van der Waals surface area contributed by atoms with Crippen LogP contribution in [0.25, 0.3) is 0 Å². The number of halogens is 2. The topological polar surface area (TPSA) is 46.9 Å². The zero-order chi connectivity index (χ0) is 17.8. The van der Waals surface area contributed by atoms with Crippen molar-refractivity contribution in [3.05, 3.63) is 82.3 Å². The number of carbonyl (C=O) groups is 1. The van der Waals surface area contributed by atoms with Crippen LogP contribution in [0, 0.1) is 12.7 Å². The highest BCUT2D eigenvalue weighted by Crippen LogP contribution is 2.20. The van der Waals surface area contributed by atoms with Crippen LogP contribution >= 0.6 is 11.6 Å². The number of benzene rings is 2. The summed E-state index contributed by atoms with van der Waals surface area (Å²) in [5.74, 6) is -0.267. The van der Waals surface area contributed by atoms with Crippen molar-refractivity contribution in [1.29, 1.82) is 0 Å². The molecule has 0 aliphatic rings. The molecule has 0 aliphatic heterocycles. The second kappa shape index (κ2) is 7.49. The van der Waals surface area contributed by atoms with Gasteiger partial charge >= 0.3 is 0 Å². The summed E-state index contributed by atoms with van der Waals surface area (Å²) in [6.45, 7) is 2.38. The van der Waals surface area contributed by atoms with Gasteiger partial charge in [-0.3, -0.25) is 4.79 Å². The molecule has 0 saturated heterocycles. The number of hydrogen-bond donors (Lipinski definition) is 1. The third-order valence-corrected chi connectivity index (χ3v) is 4.10. The molecule has 0 unspecified atom stereocenters. The zero-order valence-electron chi connectivity index (χ0n) is 13.7. The average Bonchev–Trinajstić information content (AvgIpc) is 2.91. The van der Waals surface area contributed by atoms with Crippen molar-refractivity contribution in [3.63, 3.8) is 0 Å². The predicted octanol–water partition coefficient (Wildman–Crippen LogP) is 4.21. The predicted molar refractivity (Wildman–Crippen MR) is 96.3 cm³/mol. The molecule has 3 aromatic rings. The molecule has 25 heavy (non-hydrogen) atoms. The molecular formula is C19H17ClFN3O. The van der Waals surface area contributed by atoms with Crippen LogP contribution in [0.5, 0.6) is 0 Å². The van der Waals surface area contributed by atoms with E-state index in [1.54, 1.807) is 16.8 Å². The lowest BCUT2D eigenvalue weighted by atomic mass is 10.1. The van der Waals surface area contributed by atoms with E-state index in [1.165, 1.54) is 12.1 Å². The normalized spacial score (nSPS) is 10.7. The fourth-order valence-electron chi connectivity index (χ4n) is 2.57. The Kier molecular flexibility index (Phi) is 5.14. The standard InChI is InChI=1S/C19H17ClFN3O/c1-13-10-18(24(23-13)12-14-6-3-2-4-7-14)22-19(25)11-15-16(20)8-5-9-17(15)21/h2-10H,11-12H2,1H3,(H,22,25). The number of amides is 1. The summed E-state index contributed by atoms with van der Waals surface area (Å²) in [4.78, 5) is 12.3. The van der Waals surface area contributed by atoms with Crippen molar-refractivity contribution in [2.24, 2.45) is 0 Å². The fraction of sp³-hybridized carbons (Fsp3) is 0.158. The van der Waals surface area contributed by atoms with E-state index in [0.29, 0.717) is 12.4 Å². The van der Waals surface area contributed by atoms with E-state index >= 15 is 0 Å². The largest absolute Gasteiger partial charge is 0.311 e. The van der Waals surface area contributed by atoms with Gasteiger partial charge in [0.2, 0.25) is 5.91 Å². The molecule has 0 atom stereocenters. The van der Waals surface area contributed by atoms with Crippen LogP contribution < -0.4 is 5.32 Å². The first-order chi connectivity index (χ1) is 12.0. The van der Waals surface area contributed by atoms with Gasteiger partial charge in [-0.2, -0.15) is 5.10 Å². The van der Waals surface area contributed by atoms with Crippen LogP contribution in [0.4, 0.5) is 10.2 Å². The molecule has 1 amide bonds. The van der Waals surface area contributed by atoms with E-state index in [9.17, 15) is 9.18 Å². The Labute approximate surface area is 150 Å². The minimum Gasteiger partial charge on any atom is -0.311 e. The van der Waals surface area contributed by atoms with Crippen LogP contribution in [0.2, 0.25) is 5.02 Å². The molecule has 3 rings (SSSR count). The number of aromatic nitrogens is 2. The van der Waals surface area contributed by atoms with Crippen LogP contribution in [-0.2, 0) is 17.8 Å². The van der Waals surface area contributed by atoms with Crippen LogP contribution in [0.15, 0.2) is 54.6 Å². The third kappa shape index (κ3) is 4.25. The maximum Gasteiger partial charge on any atom is 0.230 e. The molecule has 6 heteroatoms. The van der Waals surface area contributed by atoms with Crippen LogP contribution in [0.3, 0.4) is 0 Å². The molecule has 0 spiro atoms. The summed E-state index contributed by atoms with van der Waals surface area (Å²) in [5, 5.41) is 7.43. The summed E-state index contributed by atoms with van der Waals surface area (Å²) in [7, 11) is 0. The van der Waals surface area contributed by atoms with Gasteiger partial charge in [-0.1, -0.05) is 48.0 Å². The van der Waals surface area contributed by atoms with Crippen molar-refractivity contribution < 1.29 is 9.18 Å². The lowest BCUT2D eigenvalue weighted by Gasteiger charge is -2.10. The first-order valence-electron chi connectivity index (χ1n) is 7.84. The van der Waals surface area contributed by atoms with E-state index in [4.69, 9.17) is 11.6 Å². The van der Waals surface area contributed by atoms with Crippen LogP contribution in [0.1, 0.15) is 16.8 Å². The Balaban J connectivity index is 1.75. The van der Waals surface area contributed by atoms with E-state index in [2.05, 4.69) is 10.4 Å². The van der Waals surface area contributed by atoms with Crippen molar-refractivity contribution in [1.82, 2.24) is 9.78 Å². The van der Waals surface area contributed by atoms with Gasteiger partial charge in [0.15, 0.2) is 0 Å². The van der Waals surface area contributed by atoms with Crippen LogP contribution in [-0.4, -0.2) is 15.7 Å². The van der Waals surface area contributed by atoms with Gasteiger partial charge in [-0.05, 0) is 24.6 Å². The van der Waals surface area contributed by atoms with Gasteiger partial charge in [-0.15, -0.1) is 0 Å². The molecule has 1 N–H and O–H groups in total. The molecule has 2 aromatic carbocycles. The SMILES string of the molecule is Cc1cc(NC(=O)Cc2c(F)cccc2Cl)n(Cc2ccccc2)n1. The molecule has 0 radical (unpaired) electrons. The summed E-state index contributed by atoms with van der Waals surface area (Å²) in [6, 6.07) is 16.0. The molecule has 0 bridgehead atoms. The van der Waals surface area contributed by atoms with E-state index < -0.39 is 5.82 Å². The molecule has 0 aliphatic carbocycles. The summed E-state index contributed by atoms with van der Waals surface area (Å²) in [6.07, 6.45) is -0.138. The van der Waals surface area contributed by atoms with Crippen molar-refractivity contribution >= 4 is 23.3 Å². The molecule has 0 fully saturated rings. The maximum absolute atomic E-state index is 13.8. The zero-order valence-corrected chi connectivity index (χ0v) is 14.4. The summed E-state index contributed by atoms with van der Waals surface area (Å²) >= 11 is 5.98. The number of aryl methyl sites for hydroxylation is 1. The molecule has 4 nitrogen and oxygen atoms in total. The number of hydrogen-bond acceptors (Lipinski definition) is 2. The number of anilines is 1. The molecular weight excluding hydrogens is 341 g/mol. The minimum absolute atomic E-state index is 0.138. The Bertz CT molecular complexity index is 873. The highest BCUT2D eigenvalue weighted by Gasteiger charge is 2.14. The average molecular weight is 358 g/mol. The second-order valence-electron chi connectivity index (χ2n) is 5.74. The molecule has 128 valence electrons. The van der Waals surface area contributed by atoms with Crippen molar-refractivity contribution in [2.75, 3.05) is 5.32 Å². The first-order valence-corrected chi connectivity index (χ1v) is 8.22. The molecule has 1 aromatic heterocycles. The number of nitrogens with zero attached hydrogens (tertiary/aromatic N) is 2. The van der Waals surface area contributed by atoms with E-state index in [-0.39, 0.29) is 22.9 Å². The van der Waals surface area contributed by atoms with Gasteiger partial charge in [0.25, 0.3) is 0 Å². The smallest absolute Gasteiger partial charge is 0.230 e. The van der Waals surface area contributed by atoms with Crippen molar-refractivity contribution in [3.8, 4) is 0 Å². The van der Waals surface area contributed by atoms with E-state index in [1.807, 2.05) is 37.3 Å².